The maximum absolute atomic E-state index is 13.7. The summed E-state index contributed by atoms with van der Waals surface area (Å²) in [7, 11) is 0. The molecular weight excluding hydrogens is 368 g/mol. The second-order valence-corrected chi connectivity index (χ2v) is 5.71. The zero-order valence-corrected chi connectivity index (χ0v) is 14.5. The van der Waals surface area contributed by atoms with E-state index in [0.717, 1.165) is 44.1 Å². The van der Waals surface area contributed by atoms with Gasteiger partial charge in [0.25, 0.3) is 11.8 Å². The topological polar surface area (TPSA) is 98.9 Å². The zero-order chi connectivity index (χ0) is 17.8. The molecule has 2 aromatic rings. The van der Waals surface area contributed by atoms with Gasteiger partial charge in [0.05, 0.1) is 11.9 Å². The molecule has 4 N–H and O–H groups in total. The van der Waals surface area contributed by atoms with Crippen LogP contribution in [0.4, 0.5) is 14.5 Å². The van der Waals surface area contributed by atoms with Crippen LogP contribution < -0.4 is 16.0 Å². The van der Waals surface area contributed by atoms with Gasteiger partial charge in [0.15, 0.2) is 0 Å². The highest BCUT2D eigenvalue weighted by atomic mass is 35.5. The van der Waals surface area contributed by atoms with Gasteiger partial charge in [0.1, 0.15) is 22.9 Å². The second-order valence-electron chi connectivity index (χ2n) is 5.71. The van der Waals surface area contributed by atoms with Gasteiger partial charge >= 0.3 is 0 Å². The Balaban J connectivity index is 0.00000243. The van der Waals surface area contributed by atoms with Crippen molar-refractivity contribution in [3.8, 4) is 0 Å². The fourth-order valence-electron chi connectivity index (χ4n) is 2.68. The molecule has 1 aromatic heterocycles. The Morgan fingerprint density at radius 2 is 1.77 bits per heavy atom. The third kappa shape index (κ3) is 4.36. The molecule has 26 heavy (non-hydrogen) atoms. The Morgan fingerprint density at radius 1 is 1.12 bits per heavy atom. The molecule has 7 nitrogen and oxygen atoms in total. The monoisotopic (exact) mass is 385 g/mol. The van der Waals surface area contributed by atoms with E-state index in [1.165, 1.54) is 6.20 Å². The van der Waals surface area contributed by atoms with Gasteiger partial charge in [0.2, 0.25) is 0 Å². The molecule has 1 aromatic carbocycles. The first kappa shape index (κ1) is 19.8. The van der Waals surface area contributed by atoms with Gasteiger partial charge < -0.3 is 16.0 Å². The number of halogens is 3. The number of aromatic amines is 1. The number of nitrogens with zero attached hydrogens (tertiary/aromatic N) is 1. The first-order valence-corrected chi connectivity index (χ1v) is 7.86. The van der Waals surface area contributed by atoms with Gasteiger partial charge in [-0.25, -0.2) is 8.78 Å². The SMILES string of the molecule is Cl.O=C(NC1CCNCC1)c1[nH]ncc1NC(=O)c1c(F)cccc1F. The smallest absolute Gasteiger partial charge is 0.271 e. The molecule has 1 aliphatic rings. The number of benzene rings is 1. The summed E-state index contributed by atoms with van der Waals surface area (Å²) in [5.74, 6) is -3.40. The summed E-state index contributed by atoms with van der Waals surface area (Å²) in [5.41, 5.74) is -0.629. The number of anilines is 1. The van der Waals surface area contributed by atoms with Crippen LogP contribution in [0.3, 0.4) is 0 Å². The van der Waals surface area contributed by atoms with E-state index in [-0.39, 0.29) is 29.8 Å². The third-order valence-corrected chi connectivity index (χ3v) is 3.98. The predicted octanol–water partition coefficient (Wildman–Crippen LogP) is 1.84. The quantitative estimate of drug-likeness (QED) is 0.645. The van der Waals surface area contributed by atoms with Crippen LogP contribution in [0, 0.1) is 11.6 Å². The molecule has 2 heterocycles. The first-order valence-electron chi connectivity index (χ1n) is 7.86. The molecule has 3 rings (SSSR count). The number of carbonyl (C=O) groups is 2. The predicted molar refractivity (Wildman–Crippen MR) is 93.5 cm³/mol. The van der Waals surface area contributed by atoms with Crippen molar-refractivity contribution in [2.75, 3.05) is 18.4 Å². The molecule has 140 valence electrons. The summed E-state index contributed by atoms with van der Waals surface area (Å²) in [4.78, 5) is 24.5. The van der Waals surface area contributed by atoms with Crippen molar-refractivity contribution in [1.82, 2.24) is 20.8 Å². The van der Waals surface area contributed by atoms with Crippen LogP contribution in [0.1, 0.15) is 33.7 Å². The number of carbonyl (C=O) groups excluding carboxylic acids is 2. The summed E-state index contributed by atoms with van der Waals surface area (Å²) in [5, 5.41) is 14.6. The maximum atomic E-state index is 13.7. The molecule has 1 fully saturated rings. The summed E-state index contributed by atoms with van der Waals surface area (Å²) in [6, 6.07) is 3.15. The first-order chi connectivity index (χ1) is 12.1. The number of amides is 2. The highest BCUT2D eigenvalue weighted by Crippen LogP contribution is 2.17. The lowest BCUT2D eigenvalue weighted by atomic mass is 10.1. The molecule has 0 radical (unpaired) electrons. The van der Waals surface area contributed by atoms with Crippen molar-refractivity contribution in [3.05, 3.63) is 47.3 Å². The number of hydrogen-bond donors (Lipinski definition) is 4. The number of rotatable bonds is 4. The van der Waals surface area contributed by atoms with Crippen molar-refractivity contribution in [2.45, 2.75) is 18.9 Å². The lowest BCUT2D eigenvalue weighted by Crippen LogP contribution is -2.43. The molecule has 0 spiro atoms. The van der Waals surface area contributed by atoms with Crippen molar-refractivity contribution in [1.29, 1.82) is 0 Å². The fraction of sp³-hybridized carbons (Fsp3) is 0.312. The van der Waals surface area contributed by atoms with Gasteiger partial charge in [-0.05, 0) is 38.1 Å². The van der Waals surface area contributed by atoms with Crippen molar-refractivity contribution >= 4 is 29.9 Å². The summed E-state index contributed by atoms with van der Waals surface area (Å²) < 4.78 is 27.4. The minimum atomic E-state index is -0.993. The van der Waals surface area contributed by atoms with E-state index in [9.17, 15) is 18.4 Å². The number of H-pyrrole nitrogens is 1. The van der Waals surface area contributed by atoms with E-state index in [2.05, 4.69) is 26.1 Å². The molecule has 0 atom stereocenters. The lowest BCUT2D eigenvalue weighted by Gasteiger charge is -2.23. The molecular formula is C16H18ClF2N5O2. The Hall–Kier alpha value is -2.52. The van der Waals surface area contributed by atoms with Crippen LogP contribution in [-0.4, -0.2) is 41.1 Å². The van der Waals surface area contributed by atoms with Gasteiger partial charge in [0, 0.05) is 6.04 Å². The highest BCUT2D eigenvalue weighted by Gasteiger charge is 2.23. The summed E-state index contributed by atoms with van der Waals surface area (Å²) >= 11 is 0. The van der Waals surface area contributed by atoms with E-state index in [0.29, 0.717) is 0 Å². The summed E-state index contributed by atoms with van der Waals surface area (Å²) in [6.07, 6.45) is 2.80. The van der Waals surface area contributed by atoms with Crippen LogP contribution in [0.15, 0.2) is 24.4 Å². The molecule has 0 saturated carbocycles. The van der Waals surface area contributed by atoms with E-state index < -0.39 is 29.0 Å². The van der Waals surface area contributed by atoms with Crippen LogP contribution in [0.25, 0.3) is 0 Å². The van der Waals surface area contributed by atoms with Gasteiger partial charge in [-0.15, -0.1) is 12.4 Å². The minimum absolute atomic E-state index is 0. The van der Waals surface area contributed by atoms with E-state index in [4.69, 9.17) is 0 Å². The second kappa shape index (κ2) is 8.72. The standard InChI is InChI=1S/C16H17F2N5O2.ClH/c17-10-2-1-3-11(18)13(10)15(24)22-12-8-20-23-14(12)16(25)21-9-4-6-19-7-5-9;/h1-3,8-9,19H,4-7H2,(H,20,23)(H,21,25)(H,22,24);1H. The Morgan fingerprint density at radius 3 is 2.42 bits per heavy atom. The Labute approximate surface area is 154 Å². The number of nitrogens with one attached hydrogen (secondary N) is 4. The number of aromatic nitrogens is 2. The number of piperidine rings is 1. The molecule has 1 aliphatic heterocycles. The Kier molecular flexibility index (Phi) is 6.64. The van der Waals surface area contributed by atoms with Crippen molar-refractivity contribution in [2.24, 2.45) is 0 Å². The molecule has 1 saturated heterocycles. The number of hydrogen-bond acceptors (Lipinski definition) is 4. The third-order valence-electron chi connectivity index (χ3n) is 3.98. The van der Waals surface area contributed by atoms with Crippen molar-refractivity contribution < 1.29 is 18.4 Å². The molecule has 10 heteroatoms. The van der Waals surface area contributed by atoms with Crippen LogP contribution >= 0.6 is 12.4 Å². The largest absolute Gasteiger partial charge is 0.348 e. The molecule has 0 unspecified atom stereocenters. The van der Waals surface area contributed by atoms with Gasteiger partial charge in [-0.1, -0.05) is 6.07 Å². The maximum Gasteiger partial charge on any atom is 0.271 e. The molecule has 2 amide bonds. The average Bonchev–Trinajstić information content (AvgIpc) is 3.04. The highest BCUT2D eigenvalue weighted by molar-refractivity contribution is 6.08. The van der Waals surface area contributed by atoms with Gasteiger partial charge in [-0.2, -0.15) is 5.10 Å². The summed E-state index contributed by atoms with van der Waals surface area (Å²) in [6.45, 7) is 1.62. The average molecular weight is 386 g/mol. The zero-order valence-electron chi connectivity index (χ0n) is 13.6. The van der Waals surface area contributed by atoms with Crippen LogP contribution in [-0.2, 0) is 0 Å². The van der Waals surface area contributed by atoms with Crippen LogP contribution in [0.5, 0.6) is 0 Å². The van der Waals surface area contributed by atoms with Crippen LogP contribution in [0.2, 0.25) is 0 Å². The molecule has 0 bridgehead atoms. The Bertz CT molecular complexity index is 772. The minimum Gasteiger partial charge on any atom is -0.348 e. The normalized spacial score (nSPS) is 14.4. The van der Waals surface area contributed by atoms with E-state index >= 15 is 0 Å². The van der Waals surface area contributed by atoms with E-state index in [1.54, 1.807) is 0 Å². The molecule has 0 aliphatic carbocycles. The lowest BCUT2D eigenvalue weighted by molar-refractivity contribution is 0.0925. The van der Waals surface area contributed by atoms with Crippen molar-refractivity contribution in [3.63, 3.8) is 0 Å². The van der Waals surface area contributed by atoms with E-state index in [1.807, 2.05) is 0 Å². The van der Waals surface area contributed by atoms with Gasteiger partial charge in [-0.3, -0.25) is 14.7 Å². The fourth-order valence-corrected chi connectivity index (χ4v) is 2.68.